The summed E-state index contributed by atoms with van der Waals surface area (Å²) in [5.41, 5.74) is 1.23. The van der Waals surface area contributed by atoms with Crippen LogP contribution in [0, 0.1) is 5.92 Å². The first kappa shape index (κ1) is 13.1. The Bertz CT molecular complexity index is 370. The van der Waals surface area contributed by atoms with Gasteiger partial charge in [-0.25, -0.2) is 4.98 Å². The number of nitrogens with zero attached hydrogens (tertiary/aromatic N) is 2. The molecule has 2 heterocycles. The van der Waals surface area contributed by atoms with E-state index in [9.17, 15) is 0 Å². The molecular weight excluding hydrogens is 226 g/mol. The van der Waals surface area contributed by atoms with Gasteiger partial charge >= 0.3 is 0 Å². The predicted molar refractivity (Wildman–Crippen MR) is 74.3 cm³/mol. The minimum atomic E-state index is 0.696. The third-order valence-corrected chi connectivity index (χ3v) is 3.49. The predicted octanol–water partition coefficient (Wildman–Crippen LogP) is 1.92. The molecule has 4 nitrogen and oxygen atoms in total. The summed E-state index contributed by atoms with van der Waals surface area (Å²) >= 11 is 0. The fourth-order valence-electron chi connectivity index (χ4n) is 2.52. The minimum absolute atomic E-state index is 0.696. The molecule has 1 aromatic rings. The standard InChI is InChI=1S/C14H23N3O/c1-3-15-10-12-5-4-8-17(11-12)13-6-7-16-14(9-13)18-2/h6-7,9,12,15H,3-5,8,10-11H2,1-2H3. The van der Waals surface area contributed by atoms with E-state index in [1.807, 2.05) is 12.3 Å². The van der Waals surface area contributed by atoms with Crippen LogP contribution in [0.15, 0.2) is 18.3 Å². The van der Waals surface area contributed by atoms with Gasteiger partial charge in [0, 0.05) is 31.0 Å². The van der Waals surface area contributed by atoms with Crippen molar-refractivity contribution in [2.45, 2.75) is 19.8 Å². The molecule has 1 aliphatic heterocycles. The Morgan fingerprint density at radius 1 is 1.56 bits per heavy atom. The summed E-state index contributed by atoms with van der Waals surface area (Å²) in [6.45, 7) is 6.60. The van der Waals surface area contributed by atoms with E-state index in [0.29, 0.717) is 5.88 Å². The van der Waals surface area contributed by atoms with Gasteiger partial charge in [-0.3, -0.25) is 0 Å². The van der Waals surface area contributed by atoms with Crippen LogP contribution in [0.1, 0.15) is 19.8 Å². The first-order valence-corrected chi connectivity index (χ1v) is 6.79. The number of methoxy groups -OCH3 is 1. The van der Waals surface area contributed by atoms with Gasteiger partial charge in [0.1, 0.15) is 0 Å². The van der Waals surface area contributed by atoms with E-state index in [1.54, 1.807) is 7.11 Å². The Labute approximate surface area is 109 Å². The topological polar surface area (TPSA) is 37.4 Å². The van der Waals surface area contributed by atoms with E-state index in [4.69, 9.17) is 4.74 Å². The third-order valence-electron chi connectivity index (χ3n) is 3.49. The first-order valence-electron chi connectivity index (χ1n) is 6.79. The molecule has 2 rings (SSSR count). The van der Waals surface area contributed by atoms with Crippen LogP contribution in [-0.4, -0.2) is 38.3 Å². The number of anilines is 1. The molecule has 0 bridgehead atoms. The number of aromatic nitrogens is 1. The second-order valence-corrected chi connectivity index (χ2v) is 4.82. The Balaban J connectivity index is 1.98. The number of ether oxygens (including phenoxy) is 1. The summed E-state index contributed by atoms with van der Waals surface area (Å²) in [7, 11) is 1.66. The highest BCUT2D eigenvalue weighted by atomic mass is 16.5. The largest absolute Gasteiger partial charge is 0.481 e. The number of hydrogen-bond acceptors (Lipinski definition) is 4. The van der Waals surface area contributed by atoms with Crippen LogP contribution in [0.25, 0.3) is 0 Å². The fourth-order valence-corrected chi connectivity index (χ4v) is 2.52. The van der Waals surface area contributed by atoms with Crippen LogP contribution in [0.5, 0.6) is 5.88 Å². The number of nitrogens with one attached hydrogen (secondary N) is 1. The Kier molecular flexibility index (Phi) is 4.81. The van der Waals surface area contributed by atoms with Gasteiger partial charge in [-0.1, -0.05) is 6.92 Å². The summed E-state index contributed by atoms with van der Waals surface area (Å²) in [6, 6.07) is 4.09. The van der Waals surface area contributed by atoms with Gasteiger partial charge in [-0.05, 0) is 37.9 Å². The van der Waals surface area contributed by atoms with Crippen LogP contribution in [0.2, 0.25) is 0 Å². The van der Waals surface area contributed by atoms with E-state index in [0.717, 1.165) is 32.1 Å². The molecule has 1 N–H and O–H groups in total. The maximum absolute atomic E-state index is 5.19. The van der Waals surface area contributed by atoms with Gasteiger partial charge < -0.3 is 15.0 Å². The first-order chi connectivity index (χ1) is 8.83. The normalized spacial score (nSPS) is 19.9. The molecule has 0 spiro atoms. The highest BCUT2D eigenvalue weighted by Gasteiger charge is 2.20. The summed E-state index contributed by atoms with van der Waals surface area (Å²) in [5, 5.41) is 3.45. The second kappa shape index (κ2) is 6.59. The molecule has 1 atom stereocenters. The summed E-state index contributed by atoms with van der Waals surface area (Å²) < 4.78 is 5.19. The molecule has 1 saturated heterocycles. The lowest BCUT2D eigenvalue weighted by molar-refractivity contribution is 0.390. The molecule has 100 valence electrons. The van der Waals surface area contributed by atoms with E-state index < -0.39 is 0 Å². The number of piperidine rings is 1. The second-order valence-electron chi connectivity index (χ2n) is 4.82. The maximum Gasteiger partial charge on any atom is 0.214 e. The lowest BCUT2D eigenvalue weighted by Crippen LogP contribution is -2.39. The smallest absolute Gasteiger partial charge is 0.214 e. The van der Waals surface area contributed by atoms with Crippen LogP contribution >= 0.6 is 0 Å². The van der Waals surface area contributed by atoms with Gasteiger partial charge in [0.05, 0.1) is 7.11 Å². The zero-order valence-corrected chi connectivity index (χ0v) is 11.4. The van der Waals surface area contributed by atoms with Crippen molar-refractivity contribution in [3.8, 4) is 5.88 Å². The Hall–Kier alpha value is -1.29. The van der Waals surface area contributed by atoms with Crippen molar-refractivity contribution in [1.29, 1.82) is 0 Å². The molecule has 0 aliphatic carbocycles. The van der Waals surface area contributed by atoms with Crippen LogP contribution in [-0.2, 0) is 0 Å². The van der Waals surface area contributed by atoms with Crippen LogP contribution < -0.4 is 15.0 Å². The van der Waals surface area contributed by atoms with E-state index in [-0.39, 0.29) is 0 Å². The molecule has 0 amide bonds. The highest BCUT2D eigenvalue weighted by Crippen LogP contribution is 2.24. The van der Waals surface area contributed by atoms with Gasteiger partial charge in [0.2, 0.25) is 5.88 Å². The highest BCUT2D eigenvalue weighted by molar-refractivity contribution is 5.48. The zero-order chi connectivity index (χ0) is 12.8. The van der Waals surface area contributed by atoms with Gasteiger partial charge in [-0.2, -0.15) is 0 Å². The lowest BCUT2D eigenvalue weighted by Gasteiger charge is -2.34. The SMILES string of the molecule is CCNCC1CCCN(c2ccnc(OC)c2)C1. The summed E-state index contributed by atoms with van der Waals surface area (Å²) in [5.74, 6) is 1.44. The molecular formula is C14H23N3O. The number of rotatable bonds is 5. The molecule has 1 unspecified atom stereocenters. The molecule has 4 heteroatoms. The molecule has 1 fully saturated rings. The molecule has 18 heavy (non-hydrogen) atoms. The summed E-state index contributed by atoms with van der Waals surface area (Å²) in [4.78, 5) is 6.60. The van der Waals surface area contributed by atoms with Crippen molar-refractivity contribution < 1.29 is 4.74 Å². The Morgan fingerprint density at radius 2 is 2.44 bits per heavy atom. The Morgan fingerprint density at radius 3 is 3.22 bits per heavy atom. The molecule has 1 aliphatic rings. The van der Waals surface area contributed by atoms with Crippen LogP contribution in [0.4, 0.5) is 5.69 Å². The van der Waals surface area contributed by atoms with Crippen molar-refractivity contribution in [1.82, 2.24) is 10.3 Å². The molecule has 1 aromatic heterocycles. The van der Waals surface area contributed by atoms with Gasteiger partial charge in [0.15, 0.2) is 0 Å². The molecule has 0 saturated carbocycles. The molecule has 0 radical (unpaired) electrons. The van der Waals surface area contributed by atoms with Crippen LogP contribution in [0.3, 0.4) is 0 Å². The van der Waals surface area contributed by atoms with Crippen molar-refractivity contribution in [3.05, 3.63) is 18.3 Å². The maximum atomic E-state index is 5.19. The molecule has 0 aromatic carbocycles. The monoisotopic (exact) mass is 249 g/mol. The number of hydrogen-bond donors (Lipinski definition) is 1. The van der Waals surface area contributed by atoms with E-state index >= 15 is 0 Å². The average molecular weight is 249 g/mol. The minimum Gasteiger partial charge on any atom is -0.481 e. The van der Waals surface area contributed by atoms with Crippen molar-refractivity contribution in [2.24, 2.45) is 5.92 Å². The van der Waals surface area contributed by atoms with Gasteiger partial charge in [0.25, 0.3) is 0 Å². The van der Waals surface area contributed by atoms with E-state index in [1.165, 1.54) is 18.5 Å². The van der Waals surface area contributed by atoms with Crippen molar-refractivity contribution >= 4 is 5.69 Å². The zero-order valence-electron chi connectivity index (χ0n) is 11.4. The summed E-state index contributed by atoms with van der Waals surface area (Å²) in [6.07, 6.45) is 4.41. The van der Waals surface area contributed by atoms with Crippen molar-refractivity contribution in [2.75, 3.05) is 38.2 Å². The van der Waals surface area contributed by atoms with Gasteiger partial charge in [-0.15, -0.1) is 0 Å². The average Bonchev–Trinajstić information content (AvgIpc) is 2.45. The fraction of sp³-hybridized carbons (Fsp3) is 0.643. The quantitative estimate of drug-likeness (QED) is 0.865. The van der Waals surface area contributed by atoms with E-state index in [2.05, 4.69) is 28.2 Å². The lowest BCUT2D eigenvalue weighted by atomic mass is 9.97. The van der Waals surface area contributed by atoms with Crippen molar-refractivity contribution in [3.63, 3.8) is 0 Å². The third kappa shape index (κ3) is 3.35. The number of pyridine rings is 1.